The Morgan fingerprint density at radius 2 is 1.68 bits per heavy atom. The Morgan fingerprint density at radius 3 is 2.26 bits per heavy atom. The van der Waals surface area contributed by atoms with Gasteiger partial charge in [0.15, 0.2) is 0 Å². The molecule has 0 fully saturated rings. The summed E-state index contributed by atoms with van der Waals surface area (Å²) in [5.41, 5.74) is 3.58. The van der Waals surface area contributed by atoms with Gasteiger partial charge in [-0.05, 0) is 39.3 Å². The van der Waals surface area contributed by atoms with Gasteiger partial charge in [-0.2, -0.15) is 0 Å². The molecule has 1 heterocycles. The molecule has 1 aliphatic heterocycles. The fourth-order valence-electron chi connectivity index (χ4n) is 2.86. The minimum atomic E-state index is 0.105. The van der Waals surface area contributed by atoms with E-state index in [1.165, 1.54) is 21.9 Å². The summed E-state index contributed by atoms with van der Waals surface area (Å²) < 4.78 is 5.88. The first-order chi connectivity index (χ1) is 9.09. The monoisotopic (exact) mass is 250 g/mol. The predicted octanol–water partition coefficient (Wildman–Crippen LogP) is 2.68. The summed E-state index contributed by atoms with van der Waals surface area (Å²) in [6.07, 6.45) is 0.963. The van der Waals surface area contributed by atoms with Crippen LogP contribution in [-0.4, -0.2) is 6.10 Å². The third-order valence-electron chi connectivity index (χ3n) is 4.04. The lowest BCUT2D eigenvalue weighted by Crippen LogP contribution is -2.33. The second-order valence-corrected chi connectivity index (χ2v) is 5.31. The molecule has 19 heavy (non-hydrogen) atoms. The quantitative estimate of drug-likeness (QED) is 0.707. The molecule has 2 aromatic carbocycles. The molecule has 0 aliphatic carbocycles. The smallest absolute Gasteiger partial charge is 0.0824 e. The Kier molecular flexibility index (Phi) is 2.79. The van der Waals surface area contributed by atoms with Gasteiger partial charge in [-0.15, -0.1) is 0 Å². The zero-order valence-corrected chi connectivity index (χ0v) is 11.3. The van der Waals surface area contributed by atoms with Crippen LogP contribution in [0.25, 0.3) is 23.9 Å². The highest BCUT2D eigenvalue weighted by Crippen LogP contribution is 2.21. The Morgan fingerprint density at radius 1 is 1.11 bits per heavy atom. The zero-order valence-electron chi connectivity index (χ0n) is 11.3. The van der Waals surface area contributed by atoms with Crippen molar-refractivity contribution >= 4 is 23.9 Å². The van der Waals surface area contributed by atoms with Crippen molar-refractivity contribution in [3.63, 3.8) is 0 Å². The lowest BCUT2D eigenvalue weighted by Gasteiger charge is -2.27. The van der Waals surface area contributed by atoms with E-state index >= 15 is 0 Å². The first kappa shape index (κ1) is 12.2. The number of benzene rings is 2. The molecule has 0 N–H and O–H groups in total. The molecule has 1 heteroatoms. The van der Waals surface area contributed by atoms with E-state index in [2.05, 4.69) is 37.9 Å². The minimum absolute atomic E-state index is 0.105. The van der Waals surface area contributed by atoms with Crippen molar-refractivity contribution in [1.82, 2.24) is 0 Å². The average molecular weight is 250 g/mol. The molecular weight excluding hydrogens is 232 g/mol. The number of hydrogen-bond acceptors (Lipinski definition) is 1. The lowest BCUT2D eigenvalue weighted by atomic mass is 9.90. The topological polar surface area (TPSA) is 9.23 Å². The van der Waals surface area contributed by atoms with Gasteiger partial charge in [0.2, 0.25) is 0 Å². The molecule has 0 spiro atoms. The van der Waals surface area contributed by atoms with Crippen molar-refractivity contribution < 1.29 is 4.74 Å². The van der Waals surface area contributed by atoms with Crippen molar-refractivity contribution in [2.45, 2.75) is 26.1 Å². The first-order valence-corrected chi connectivity index (χ1v) is 6.57. The van der Waals surface area contributed by atoms with Gasteiger partial charge in [0.05, 0.1) is 12.7 Å². The van der Waals surface area contributed by atoms with E-state index in [0.29, 0.717) is 6.61 Å². The van der Waals surface area contributed by atoms with Crippen LogP contribution in [0, 0.1) is 0 Å². The summed E-state index contributed by atoms with van der Waals surface area (Å²) in [6.45, 7) is 15.2. The molecule has 96 valence electrons. The van der Waals surface area contributed by atoms with Gasteiger partial charge < -0.3 is 4.74 Å². The van der Waals surface area contributed by atoms with Crippen LogP contribution < -0.4 is 10.4 Å². The van der Waals surface area contributed by atoms with E-state index in [9.17, 15) is 0 Å². The number of ether oxygens (including phenoxy) is 1. The van der Waals surface area contributed by atoms with Gasteiger partial charge in [0, 0.05) is 6.42 Å². The third-order valence-corrected chi connectivity index (χ3v) is 4.04. The average Bonchev–Trinajstić information content (AvgIpc) is 2.44. The maximum Gasteiger partial charge on any atom is 0.0824 e. The van der Waals surface area contributed by atoms with E-state index in [1.807, 2.05) is 13.0 Å². The van der Waals surface area contributed by atoms with E-state index in [1.54, 1.807) is 0 Å². The fraction of sp³-hybridized carbons (Fsp3) is 0.222. The molecule has 1 unspecified atom stereocenters. The summed E-state index contributed by atoms with van der Waals surface area (Å²) >= 11 is 0. The first-order valence-electron chi connectivity index (χ1n) is 6.57. The molecule has 0 aromatic heterocycles. The molecule has 0 bridgehead atoms. The van der Waals surface area contributed by atoms with E-state index in [0.717, 1.165) is 22.4 Å². The number of rotatable bonds is 1. The second kappa shape index (κ2) is 4.36. The molecule has 0 amide bonds. The Balaban J connectivity index is 2.31. The van der Waals surface area contributed by atoms with Gasteiger partial charge in [-0.1, -0.05) is 49.6 Å². The molecule has 0 saturated carbocycles. The van der Waals surface area contributed by atoms with Crippen molar-refractivity contribution in [2.75, 3.05) is 0 Å². The van der Waals surface area contributed by atoms with Gasteiger partial charge >= 0.3 is 0 Å². The molecule has 1 nitrogen and oxygen atoms in total. The molecule has 1 atom stereocenters. The lowest BCUT2D eigenvalue weighted by molar-refractivity contribution is 0.0518. The van der Waals surface area contributed by atoms with Crippen LogP contribution in [0.15, 0.2) is 36.4 Å². The summed E-state index contributed by atoms with van der Waals surface area (Å²) in [6, 6.07) is 8.33. The van der Waals surface area contributed by atoms with Crippen LogP contribution in [0.1, 0.15) is 18.1 Å². The SMILES string of the molecule is C=C(C)C1Cc2c(c(=C)c3ccccc3c2=C)CO1. The Labute approximate surface area is 113 Å². The van der Waals surface area contributed by atoms with Crippen LogP contribution in [-0.2, 0) is 17.8 Å². The van der Waals surface area contributed by atoms with Crippen LogP contribution in [0.4, 0.5) is 0 Å². The van der Waals surface area contributed by atoms with E-state index < -0.39 is 0 Å². The predicted molar refractivity (Wildman–Crippen MR) is 81.3 cm³/mol. The van der Waals surface area contributed by atoms with Crippen molar-refractivity contribution in [3.8, 4) is 0 Å². The molecule has 1 aliphatic rings. The highest BCUT2D eigenvalue weighted by molar-refractivity contribution is 5.85. The van der Waals surface area contributed by atoms with E-state index in [-0.39, 0.29) is 6.10 Å². The minimum Gasteiger partial charge on any atom is -0.369 e. The van der Waals surface area contributed by atoms with Crippen LogP contribution in [0.3, 0.4) is 0 Å². The van der Waals surface area contributed by atoms with Crippen LogP contribution in [0.2, 0.25) is 0 Å². The highest BCUT2D eigenvalue weighted by atomic mass is 16.5. The summed E-state index contributed by atoms with van der Waals surface area (Å²) in [7, 11) is 0. The fourth-order valence-corrected chi connectivity index (χ4v) is 2.86. The molecule has 0 radical (unpaired) electrons. The standard InChI is InChI=1S/C18H18O/c1-11(2)18-9-16-12(3)14-7-5-6-8-15(14)13(4)17(16)10-19-18/h5-8,18H,1,3-4,9-10H2,2H3. The van der Waals surface area contributed by atoms with E-state index in [4.69, 9.17) is 4.74 Å². The summed E-state index contributed by atoms with van der Waals surface area (Å²) in [4.78, 5) is 0. The van der Waals surface area contributed by atoms with Gasteiger partial charge in [-0.25, -0.2) is 0 Å². The molecule has 0 saturated heterocycles. The van der Waals surface area contributed by atoms with Crippen LogP contribution in [0.5, 0.6) is 0 Å². The normalized spacial score (nSPS) is 18.3. The Hall–Kier alpha value is -1.86. The van der Waals surface area contributed by atoms with Gasteiger partial charge in [-0.3, -0.25) is 0 Å². The van der Waals surface area contributed by atoms with Crippen molar-refractivity contribution in [2.24, 2.45) is 0 Å². The molecule has 3 rings (SSSR count). The van der Waals surface area contributed by atoms with Crippen molar-refractivity contribution in [1.29, 1.82) is 0 Å². The third kappa shape index (κ3) is 1.82. The maximum atomic E-state index is 5.88. The number of fused-ring (bicyclic) bond motifs is 2. The van der Waals surface area contributed by atoms with Crippen molar-refractivity contribution in [3.05, 3.63) is 58.0 Å². The maximum absolute atomic E-state index is 5.88. The molecule has 2 aromatic rings. The van der Waals surface area contributed by atoms with Gasteiger partial charge in [0.25, 0.3) is 0 Å². The summed E-state index contributed by atoms with van der Waals surface area (Å²) in [5.74, 6) is 0. The molecular formula is C18H18O. The zero-order chi connectivity index (χ0) is 13.6. The highest BCUT2D eigenvalue weighted by Gasteiger charge is 2.22. The largest absolute Gasteiger partial charge is 0.369 e. The Bertz CT molecular complexity index is 770. The second-order valence-electron chi connectivity index (χ2n) is 5.31. The number of hydrogen-bond donors (Lipinski definition) is 0. The van der Waals surface area contributed by atoms with Crippen LogP contribution >= 0.6 is 0 Å². The summed E-state index contributed by atoms with van der Waals surface area (Å²) in [5, 5.41) is 4.59. The van der Waals surface area contributed by atoms with Gasteiger partial charge in [0.1, 0.15) is 0 Å².